The van der Waals surface area contributed by atoms with Crippen LogP contribution in [0.2, 0.25) is 0 Å². The number of halogens is 1. The molecule has 1 heterocycles. The third kappa shape index (κ3) is 4.21. The molecule has 1 aromatic heterocycles. The Labute approximate surface area is 169 Å². The van der Waals surface area contributed by atoms with E-state index in [1.54, 1.807) is 25.1 Å². The lowest BCUT2D eigenvalue weighted by Gasteiger charge is -2.26. The first kappa shape index (κ1) is 20.7. The van der Waals surface area contributed by atoms with Crippen molar-refractivity contribution in [3.05, 3.63) is 76.0 Å². The molecule has 0 saturated heterocycles. The first-order valence-electron chi connectivity index (χ1n) is 9.78. The lowest BCUT2D eigenvalue weighted by Crippen LogP contribution is -2.39. The van der Waals surface area contributed by atoms with Gasteiger partial charge in [-0.3, -0.25) is 9.59 Å². The molecule has 1 N–H and O–H groups in total. The van der Waals surface area contributed by atoms with Crippen LogP contribution in [0.5, 0.6) is 0 Å². The molecule has 6 heteroatoms. The highest BCUT2D eigenvalue weighted by molar-refractivity contribution is 5.91. The molecule has 0 aliphatic carbocycles. The number of amides is 1. The minimum absolute atomic E-state index is 0.160. The third-order valence-corrected chi connectivity index (χ3v) is 5.31. The van der Waals surface area contributed by atoms with Crippen LogP contribution >= 0.6 is 0 Å². The molecule has 1 atom stereocenters. The molecule has 1 unspecified atom stereocenters. The van der Waals surface area contributed by atoms with Crippen LogP contribution in [0.25, 0.3) is 10.8 Å². The highest BCUT2D eigenvalue weighted by Gasteiger charge is 2.26. The second kappa shape index (κ2) is 8.15. The number of benzene rings is 2. The maximum absolute atomic E-state index is 13.6. The second-order valence-electron chi connectivity index (χ2n) is 7.89. The summed E-state index contributed by atoms with van der Waals surface area (Å²) in [5.41, 5.74) is 0.790. The molecule has 0 saturated carbocycles. The van der Waals surface area contributed by atoms with E-state index < -0.39 is 11.3 Å². The molecular weight excluding hydrogens is 369 g/mol. The zero-order valence-electron chi connectivity index (χ0n) is 17.2. The monoisotopic (exact) mass is 395 g/mol. The van der Waals surface area contributed by atoms with Gasteiger partial charge in [-0.05, 0) is 37.6 Å². The van der Waals surface area contributed by atoms with Crippen LogP contribution in [0, 0.1) is 5.82 Å². The summed E-state index contributed by atoms with van der Waals surface area (Å²) in [7, 11) is 0. The third-order valence-electron chi connectivity index (χ3n) is 5.31. The van der Waals surface area contributed by atoms with Gasteiger partial charge in [-0.1, -0.05) is 44.2 Å². The molecule has 0 aliphatic heterocycles. The molecule has 0 fully saturated rings. The molecule has 0 bridgehead atoms. The van der Waals surface area contributed by atoms with Crippen LogP contribution < -0.4 is 10.9 Å². The molecule has 152 valence electrons. The molecule has 0 spiro atoms. The Balaban J connectivity index is 1.86. The summed E-state index contributed by atoms with van der Waals surface area (Å²) in [4.78, 5) is 25.4. The number of hydrogen-bond donors (Lipinski definition) is 1. The van der Waals surface area contributed by atoms with Gasteiger partial charge in [-0.25, -0.2) is 9.07 Å². The molecule has 0 aliphatic rings. The molecule has 2 aromatic carbocycles. The fourth-order valence-corrected chi connectivity index (χ4v) is 3.39. The van der Waals surface area contributed by atoms with Gasteiger partial charge in [0.25, 0.3) is 5.56 Å². The Morgan fingerprint density at radius 1 is 1.17 bits per heavy atom. The van der Waals surface area contributed by atoms with Crippen molar-refractivity contribution in [2.24, 2.45) is 0 Å². The Hall–Kier alpha value is -3.02. The summed E-state index contributed by atoms with van der Waals surface area (Å²) in [5, 5.41) is 8.66. The van der Waals surface area contributed by atoms with Crippen LogP contribution in [-0.2, 0) is 16.8 Å². The van der Waals surface area contributed by atoms with Gasteiger partial charge in [0, 0.05) is 23.9 Å². The van der Waals surface area contributed by atoms with E-state index in [2.05, 4.69) is 10.4 Å². The van der Waals surface area contributed by atoms with E-state index in [0.29, 0.717) is 29.6 Å². The van der Waals surface area contributed by atoms with Crippen LogP contribution in [0.15, 0.2) is 53.3 Å². The summed E-state index contributed by atoms with van der Waals surface area (Å²) < 4.78 is 15.0. The fraction of sp³-hybridized carbons (Fsp3) is 0.348. The lowest BCUT2D eigenvalue weighted by atomic mass is 9.84. The molecule has 29 heavy (non-hydrogen) atoms. The topological polar surface area (TPSA) is 64.0 Å². The SMILES string of the molecule is CCn1nc(C(C)C(=O)NCC(C)(C)c2cccc(F)c2)c2ccccc2c1=O. The number of fused-ring (bicyclic) bond motifs is 1. The van der Waals surface area contributed by atoms with Crippen molar-refractivity contribution in [2.45, 2.75) is 45.6 Å². The first-order chi connectivity index (χ1) is 13.7. The van der Waals surface area contributed by atoms with E-state index in [-0.39, 0.29) is 17.3 Å². The lowest BCUT2D eigenvalue weighted by molar-refractivity contribution is -0.122. The van der Waals surface area contributed by atoms with Crippen molar-refractivity contribution in [1.82, 2.24) is 15.1 Å². The zero-order valence-corrected chi connectivity index (χ0v) is 17.2. The maximum atomic E-state index is 13.6. The molecule has 5 nitrogen and oxygen atoms in total. The number of carbonyl (C=O) groups excluding carboxylic acids is 1. The summed E-state index contributed by atoms with van der Waals surface area (Å²) >= 11 is 0. The van der Waals surface area contributed by atoms with E-state index in [9.17, 15) is 14.0 Å². The predicted octanol–water partition coefficient (Wildman–Crippen LogP) is 3.75. The minimum Gasteiger partial charge on any atom is -0.355 e. The van der Waals surface area contributed by atoms with Crippen LogP contribution in [0.3, 0.4) is 0 Å². The number of aromatic nitrogens is 2. The minimum atomic E-state index is -0.540. The number of nitrogens with zero attached hydrogens (tertiary/aromatic N) is 2. The van der Waals surface area contributed by atoms with Gasteiger partial charge in [0.1, 0.15) is 5.82 Å². The van der Waals surface area contributed by atoms with E-state index in [1.807, 2.05) is 39.0 Å². The number of carbonyl (C=O) groups is 1. The van der Waals surface area contributed by atoms with Crippen LogP contribution in [0.4, 0.5) is 4.39 Å². The van der Waals surface area contributed by atoms with Gasteiger partial charge in [-0.15, -0.1) is 0 Å². The fourth-order valence-electron chi connectivity index (χ4n) is 3.39. The van der Waals surface area contributed by atoms with Gasteiger partial charge in [0.05, 0.1) is 17.0 Å². The van der Waals surface area contributed by atoms with E-state index in [1.165, 1.54) is 16.8 Å². The molecule has 3 aromatic rings. The molecule has 1 amide bonds. The standard InChI is InChI=1S/C23H26FN3O2/c1-5-27-22(29)19-12-7-6-11-18(19)20(26-27)15(2)21(28)25-14-23(3,4)16-9-8-10-17(24)13-16/h6-13,15H,5,14H2,1-4H3,(H,25,28). The number of aryl methyl sites for hydroxylation is 1. The van der Waals surface area contributed by atoms with Crippen LogP contribution in [0.1, 0.15) is 44.9 Å². The number of nitrogens with one attached hydrogen (secondary N) is 1. The second-order valence-corrected chi connectivity index (χ2v) is 7.89. The molecule has 0 radical (unpaired) electrons. The normalized spacial score (nSPS) is 12.7. The van der Waals surface area contributed by atoms with E-state index >= 15 is 0 Å². The smallest absolute Gasteiger partial charge is 0.274 e. The molecular formula is C23H26FN3O2. The van der Waals surface area contributed by atoms with Gasteiger partial charge < -0.3 is 5.32 Å². The Morgan fingerprint density at radius 3 is 2.52 bits per heavy atom. The number of hydrogen-bond acceptors (Lipinski definition) is 3. The highest BCUT2D eigenvalue weighted by Crippen LogP contribution is 2.25. The Kier molecular flexibility index (Phi) is 5.82. The van der Waals surface area contributed by atoms with Crippen molar-refractivity contribution in [2.75, 3.05) is 6.54 Å². The van der Waals surface area contributed by atoms with Gasteiger partial charge in [-0.2, -0.15) is 5.10 Å². The van der Waals surface area contributed by atoms with Crippen molar-refractivity contribution >= 4 is 16.7 Å². The summed E-state index contributed by atoms with van der Waals surface area (Å²) in [6.07, 6.45) is 0. The predicted molar refractivity (Wildman–Crippen MR) is 113 cm³/mol. The van der Waals surface area contributed by atoms with Crippen LogP contribution in [-0.4, -0.2) is 22.2 Å². The summed E-state index contributed by atoms with van der Waals surface area (Å²) in [5.74, 6) is -1.03. The average Bonchev–Trinajstić information content (AvgIpc) is 2.72. The number of rotatable bonds is 6. The summed E-state index contributed by atoms with van der Waals surface area (Å²) in [6.45, 7) is 8.32. The van der Waals surface area contributed by atoms with Gasteiger partial charge in [0.15, 0.2) is 0 Å². The maximum Gasteiger partial charge on any atom is 0.274 e. The highest BCUT2D eigenvalue weighted by atomic mass is 19.1. The van der Waals surface area contributed by atoms with Crippen molar-refractivity contribution in [3.63, 3.8) is 0 Å². The molecule has 3 rings (SSSR count). The van der Waals surface area contributed by atoms with Gasteiger partial charge >= 0.3 is 0 Å². The van der Waals surface area contributed by atoms with Crippen molar-refractivity contribution < 1.29 is 9.18 Å². The van der Waals surface area contributed by atoms with Crippen molar-refractivity contribution in [3.8, 4) is 0 Å². The first-order valence-corrected chi connectivity index (χ1v) is 9.78. The summed E-state index contributed by atoms with van der Waals surface area (Å²) in [6, 6.07) is 13.6. The van der Waals surface area contributed by atoms with E-state index in [4.69, 9.17) is 0 Å². The van der Waals surface area contributed by atoms with Gasteiger partial charge in [0.2, 0.25) is 5.91 Å². The van der Waals surface area contributed by atoms with E-state index in [0.717, 1.165) is 5.56 Å². The zero-order chi connectivity index (χ0) is 21.2. The quantitative estimate of drug-likeness (QED) is 0.691. The largest absolute Gasteiger partial charge is 0.355 e. The Bertz CT molecular complexity index is 1100. The van der Waals surface area contributed by atoms with Crippen molar-refractivity contribution in [1.29, 1.82) is 0 Å². The average molecular weight is 395 g/mol. The Morgan fingerprint density at radius 2 is 1.86 bits per heavy atom.